The van der Waals surface area contributed by atoms with Crippen LogP contribution in [0.1, 0.15) is 34.6 Å². The number of carbonyl (C=O) groups is 1. The summed E-state index contributed by atoms with van der Waals surface area (Å²) in [7, 11) is -2.30. The Hall–Kier alpha value is -2.12. The van der Waals surface area contributed by atoms with Crippen molar-refractivity contribution >= 4 is 25.9 Å². The fourth-order valence-electron chi connectivity index (χ4n) is 2.59. The molecule has 0 amide bonds. The number of carbonyl (C=O) groups excluding carboxylic acids is 1. The minimum atomic E-state index is -2.30. The van der Waals surface area contributed by atoms with Gasteiger partial charge in [-0.1, -0.05) is 39.3 Å². The number of rotatable bonds is 8. The van der Waals surface area contributed by atoms with E-state index >= 15 is 0 Å². The molecule has 2 aromatic rings. The Kier molecular flexibility index (Phi) is 7.53. The number of hydrogen-bond acceptors (Lipinski definition) is 5. The number of benzene rings is 1. The molecule has 0 bridgehead atoms. The van der Waals surface area contributed by atoms with Crippen LogP contribution in [0.4, 0.5) is 4.39 Å². The second-order valence-electron chi connectivity index (χ2n) is 8.58. The fourth-order valence-corrected chi connectivity index (χ4v) is 5.06. The summed E-state index contributed by atoms with van der Waals surface area (Å²) in [4.78, 5) is 16.4. The standard InChI is InChI=1S/C22H29ClFNO4Si/c1-14(2)22(4,5)30(6,7)29-21(26)15(3)27-17-8-10-18(11-9-17)28-20-19(24)12-16(23)13-25-20/h8-15H,1-7H3/t15-/m1/s1. The number of pyridine rings is 1. The topological polar surface area (TPSA) is 57.7 Å². The monoisotopic (exact) mass is 453 g/mol. The van der Waals surface area contributed by atoms with Gasteiger partial charge in [-0.2, -0.15) is 0 Å². The van der Waals surface area contributed by atoms with Crippen LogP contribution in [0.25, 0.3) is 0 Å². The molecule has 0 N–H and O–H groups in total. The first-order valence-corrected chi connectivity index (χ1v) is 13.1. The smallest absolute Gasteiger partial charge is 0.333 e. The van der Waals surface area contributed by atoms with Crippen LogP contribution in [0.3, 0.4) is 0 Å². The highest BCUT2D eigenvalue weighted by atomic mass is 35.5. The lowest BCUT2D eigenvalue weighted by Gasteiger charge is -2.42. The molecular formula is C22H29ClFNO4Si. The van der Waals surface area contributed by atoms with E-state index in [0.29, 0.717) is 17.4 Å². The first kappa shape index (κ1) is 24.1. The summed E-state index contributed by atoms with van der Waals surface area (Å²) in [6, 6.07) is 7.59. The first-order chi connectivity index (χ1) is 13.8. The van der Waals surface area contributed by atoms with Crippen molar-refractivity contribution in [3.63, 3.8) is 0 Å². The Labute approximate surface area is 183 Å². The van der Waals surface area contributed by atoms with Gasteiger partial charge >= 0.3 is 5.97 Å². The van der Waals surface area contributed by atoms with Gasteiger partial charge in [0.2, 0.25) is 0 Å². The molecule has 0 fully saturated rings. The molecule has 1 aromatic heterocycles. The minimum Gasteiger partial charge on any atom is -0.516 e. The van der Waals surface area contributed by atoms with Crippen LogP contribution in [0.15, 0.2) is 36.5 Å². The van der Waals surface area contributed by atoms with Crippen LogP contribution >= 0.6 is 11.6 Å². The number of nitrogens with zero attached hydrogens (tertiary/aromatic N) is 1. The largest absolute Gasteiger partial charge is 0.516 e. The molecule has 0 aliphatic heterocycles. The SMILES string of the molecule is CC(C)C(C)(C)[Si](C)(C)OC(=O)[C@@H](C)Oc1ccc(Oc2ncc(Cl)cc2F)cc1. The van der Waals surface area contributed by atoms with E-state index in [2.05, 4.69) is 32.7 Å². The van der Waals surface area contributed by atoms with Gasteiger partial charge in [0.15, 0.2) is 11.9 Å². The Balaban J connectivity index is 2.00. The van der Waals surface area contributed by atoms with Crippen LogP contribution in [0, 0.1) is 11.7 Å². The zero-order valence-corrected chi connectivity index (χ0v) is 20.2. The third kappa shape index (κ3) is 5.73. The molecule has 1 atom stereocenters. The van der Waals surface area contributed by atoms with Gasteiger partial charge < -0.3 is 13.9 Å². The quantitative estimate of drug-likeness (QED) is 0.420. The summed E-state index contributed by atoms with van der Waals surface area (Å²) >= 11 is 5.68. The maximum Gasteiger partial charge on any atom is 0.333 e. The number of aromatic nitrogens is 1. The average Bonchev–Trinajstić information content (AvgIpc) is 2.64. The third-order valence-electron chi connectivity index (χ3n) is 5.81. The molecule has 164 valence electrons. The zero-order valence-electron chi connectivity index (χ0n) is 18.5. The van der Waals surface area contributed by atoms with Gasteiger partial charge in [0, 0.05) is 6.20 Å². The highest BCUT2D eigenvalue weighted by Crippen LogP contribution is 2.44. The summed E-state index contributed by atoms with van der Waals surface area (Å²) < 4.78 is 30.8. The van der Waals surface area contributed by atoms with E-state index in [9.17, 15) is 9.18 Å². The molecule has 30 heavy (non-hydrogen) atoms. The summed E-state index contributed by atoms with van der Waals surface area (Å²) in [5, 5.41) is 0.110. The second-order valence-corrected chi connectivity index (χ2v) is 13.5. The molecule has 2 rings (SSSR count). The molecule has 0 radical (unpaired) electrons. The first-order valence-electron chi connectivity index (χ1n) is 9.82. The van der Waals surface area contributed by atoms with Gasteiger partial charge in [-0.3, -0.25) is 0 Å². The summed E-state index contributed by atoms with van der Waals surface area (Å²) in [6.45, 7) is 14.3. The van der Waals surface area contributed by atoms with E-state index in [0.717, 1.165) is 6.07 Å². The fraction of sp³-hybridized carbons (Fsp3) is 0.455. The zero-order chi connectivity index (χ0) is 22.7. The van der Waals surface area contributed by atoms with Crippen molar-refractivity contribution in [1.29, 1.82) is 0 Å². The predicted molar refractivity (Wildman–Crippen MR) is 118 cm³/mol. The van der Waals surface area contributed by atoms with Gasteiger partial charge in [0.1, 0.15) is 11.5 Å². The van der Waals surface area contributed by atoms with Crippen LogP contribution in [-0.4, -0.2) is 25.4 Å². The van der Waals surface area contributed by atoms with E-state index in [1.165, 1.54) is 6.20 Å². The molecule has 0 aliphatic rings. The van der Waals surface area contributed by atoms with E-state index in [1.807, 2.05) is 13.1 Å². The van der Waals surface area contributed by atoms with Gasteiger partial charge in [0.25, 0.3) is 14.2 Å². The second kappa shape index (κ2) is 9.35. The molecule has 8 heteroatoms. The van der Waals surface area contributed by atoms with E-state index in [4.69, 9.17) is 25.5 Å². The van der Waals surface area contributed by atoms with Crippen molar-refractivity contribution in [2.75, 3.05) is 0 Å². The highest BCUT2D eigenvalue weighted by Gasteiger charge is 2.46. The van der Waals surface area contributed by atoms with Crippen LogP contribution in [-0.2, 0) is 9.22 Å². The molecule has 0 saturated carbocycles. The Morgan fingerprint density at radius 1 is 1.13 bits per heavy atom. The van der Waals surface area contributed by atoms with Crippen molar-refractivity contribution < 1.29 is 23.1 Å². The summed E-state index contributed by atoms with van der Waals surface area (Å²) in [5.41, 5.74) is 0. The molecule has 1 heterocycles. The van der Waals surface area contributed by atoms with Crippen molar-refractivity contribution in [2.24, 2.45) is 5.92 Å². The predicted octanol–water partition coefficient (Wildman–Crippen LogP) is 6.62. The van der Waals surface area contributed by atoms with Crippen molar-refractivity contribution in [1.82, 2.24) is 4.98 Å². The van der Waals surface area contributed by atoms with Gasteiger partial charge in [0.05, 0.1) is 5.02 Å². The van der Waals surface area contributed by atoms with E-state index in [-0.39, 0.29) is 21.9 Å². The lowest BCUT2D eigenvalue weighted by atomic mass is 9.99. The highest BCUT2D eigenvalue weighted by molar-refractivity contribution is 6.75. The number of ether oxygens (including phenoxy) is 2. The van der Waals surface area contributed by atoms with E-state index < -0.39 is 20.2 Å². The van der Waals surface area contributed by atoms with Gasteiger partial charge in [-0.25, -0.2) is 14.2 Å². The molecule has 0 aliphatic carbocycles. The normalized spacial score (nSPS) is 13.1. The van der Waals surface area contributed by atoms with Crippen LogP contribution in [0.5, 0.6) is 17.4 Å². The lowest BCUT2D eigenvalue weighted by Crippen LogP contribution is -2.48. The van der Waals surface area contributed by atoms with Crippen molar-refractivity contribution in [3.8, 4) is 17.4 Å². The summed E-state index contributed by atoms with van der Waals surface area (Å²) in [6.07, 6.45) is 0.540. The third-order valence-corrected chi connectivity index (χ3v) is 10.4. The van der Waals surface area contributed by atoms with Gasteiger partial charge in [-0.15, -0.1) is 0 Å². The van der Waals surface area contributed by atoms with E-state index in [1.54, 1.807) is 31.2 Å². The number of halogens is 2. The molecular weight excluding hydrogens is 425 g/mol. The average molecular weight is 454 g/mol. The van der Waals surface area contributed by atoms with Crippen molar-refractivity contribution in [3.05, 3.63) is 47.4 Å². The minimum absolute atomic E-state index is 0.0770. The summed E-state index contributed by atoms with van der Waals surface area (Å²) in [5.74, 6) is 0.0154. The molecule has 0 spiro atoms. The molecule has 1 aromatic carbocycles. The van der Waals surface area contributed by atoms with Crippen LogP contribution in [0.2, 0.25) is 23.2 Å². The lowest BCUT2D eigenvalue weighted by molar-refractivity contribution is -0.142. The Morgan fingerprint density at radius 3 is 2.23 bits per heavy atom. The Morgan fingerprint density at radius 2 is 1.70 bits per heavy atom. The van der Waals surface area contributed by atoms with Crippen molar-refractivity contribution in [2.45, 2.75) is 58.9 Å². The molecule has 0 saturated heterocycles. The molecule has 0 unspecified atom stereocenters. The van der Waals surface area contributed by atoms with Gasteiger partial charge in [-0.05, 0) is 61.3 Å². The molecule has 5 nitrogen and oxygen atoms in total. The van der Waals surface area contributed by atoms with Crippen LogP contribution < -0.4 is 9.47 Å². The Bertz CT molecular complexity index is 887. The maximum atomic E-state index is 13.8. The number of hydrogen-bond donors (Lipinski definition) is 0. The maximum absolute atomic E-state index is 13.8.